The summed E-state index contributed by atoms with van der Waals surface area (Å²) >= 11 is 6.81. The molecular weight excluding hydrogens is 370 g/mol. The normalized spacial score (nSPS) is 10.2. The molecule has 1 N–H and O–H groups in total. The van der Waals surface area contributed by atoms with E-state index in [2.05, 4.69) is 37.2 Å². The molecule has 0 saturated heterocycles. The van der Waals surface area contributed by atoms with E-state index < -0.39 is 0 Å². The number of nitrogens with one attached hydrogen (secondary N) is 1. The highest BCUT2D eigenvalue weighted by molar-refractivity contribution is 9.11. The summed E-state index contributed by atoms with van der Waals surface area (Å²) in [6, 6.07) is 15.7. The topological polar surface area (TPSA) is 29.1 Å². The predicted molar refractivity (Wildman–Crippen MR) is 85.2 cm³/mol. The Hall–Kier alpha value is -1.13. The van der Waals surface area contributed by atoms with E-state index in [4.69, 9.17) is 0 Å². The molecule has 2 nitrogen and oxygen atoms in total. The van der Waals surface area contributed by atoms with Crippen LogP contribution in [0.5, 0.6) is 0 Å². The summed E-state index contributed by atoms with van der Waals surface area (Å²) in [5.41, 5.74) is 1.96. The van der Waals surface area contributed by atoms with Crippen molar-refractivity contribution in [1.29, 1.82) is 0 Å². The van der Waals surface area contributed by atoms with Gasteiger partial charge in [-0.3, -0.25) is 4.79 Å². The first-order valence-electron chi connectivity index (χ1n) is 5.94. The van der Waals surface area contributed by atoms with Gasteiger partial charge in [0.2, 0.25) is 5.91 Å². The summed E-state index contributed by atoms with van der Waals surface area (Å²) in [7, 11) is 0. The van der Waals surface area contributed by atoms with Crippen molar-refractivity contribution in [3.05, 3.63) is 63.0 Å². The lowest BCUT2D eigenvalue weighted by atomic mass is 10.1. The highest BCUT2D eigenvalue weighted by atomic mass is 79.9. The van der Waals surface area contributed by atoms with Gasteiger partial charge < -0.3 is 5.32 Å². The molecule has 0 saturated carbocycles. The number of carbonyl (C=O) groups excluding carboxylic acids is 1. The maximum atomic E-state index is 11.9. The lowest BCUT2D eigenvalue weighted by molar-refractivity contribution is -0.116. The van der Waals surface area contributed by atoms with Gasteiger partial charge >= 0.3 is 0 Å². The minimum Gasteiger partial charge on any atom is -0.325 e. The minimum atomic E-state index is 0.0163. The molecule has 2 aromatic carbocycles. The van der Waals surface area contributed by atoms with Crippen LogP contribution in [0.15, 0.2) is 57.5 Å². The van der Waals surface area contributed by atoms with Crippen molar-refractivity contribution < 1.29 is 4.79 Å². The zero-order valence-electron chi connectivity index (χ0n) is 10.2. The van der Waals surface area contributed by atoms with E-state index >= 15 is 0 Å². The second-order valence-corrected chi connectivity index (χ2v) is 5.93. The fraction of sp³-hybridized carbons (Fsp3) is 0.133. The molecule has 2 rings (SSSR count). The summed E-state index contributed by atoms with van der Waals surface area (Å²) in [5.74, 6) is 0.0163. The number of carbonyl (C=O) groups is 1. The Bertz CT molecular complexity index is 570. The minimum absolute atomic E-state index is 0.0163. The van der Waals surface area contributed by atoms with Crippen LogP contribution in [0.1, 0.15) is 12.0 Å². The first-order chi connectivity index (χ1) is 9.15. The number of rotatable bonds is 4. The fourth-order valence-electron chi connectivity index (χ4n) is 1.71. The second-order valence-electron chi connectivity index (χ2n) is 4.16. The average molecular weight is 383 g/mol. The molecule has 1 amide bonds. The Morgan fingerprint density at radius 3 is 2.53 bits per heavy atom. The zero-order chi connectivity index (χ0) is 13.7. The highest BCUT2D eigenvalue weighted by Crippen LogP contribution is 2.26. The third kappa shape index (κ3) is 4.48. The molecule has 0 atom stereocenters. The van der Waals surface area contributed by atoms with Gasteiger partial charge in [0.25, 0.3) is 0 Å². The van der Waals surface area contributed by atoms with E-state index in [-0.39, 0.29) is 5.91 Å². The maximum absolute atomic E-state index is 11.9. The number of benzene rings is 2. The fourth-order valence-corrected chi connectivity index (χ4v) is 2.42. The number of hydrogen-bond acceptors (Lipinski definition) is 1. The van der Waals surface area contributed by atoms with Crippen molar-refractivity contribution in [1.82, 2.24) is 0 Å². The van der Waals surface area contributed by atoms with Crippen LogP contribution in [0, 0.1) is 0 Å². The maximum Gasteiger partial charge on any atom is 0.224 e. The third-order valence-corrected chi connectivity index (χ3v) is 3.87. The van der Waals surface area contributed by atoms with Gasteiger partial charge in [-0.15, -0.1) is 0 Å². The van der Waals surface area contributed by atoms with Gasteiger partial charge in [0.1, 0.15) is 0 Å². The van der Waals surface area contributed by atoms with Gasteiger partial charge in [-0.25, -0.2) is 0 Å². The van der Waals surface area contributed by atoms with Crippen LogP contribution in [-0.4, -0.2) is 5.91 Å². The predicted octanol–water partition coefficient (Wildman–Crippen LogP) is 4.78. The van der Waals surface area contributed by atoms with E-state index in [0.717, 1.165) is 21.1 Å². The van der Waals surface area contributed by atoms with E-state index in [1.54, 1.807) is 0 Å². The number of hydrogen-bond donors (Lipinski definition) is 1. The molecule has 0 aliphatic carbocycles. The lowest BCUT2D eigenvalue weighted by Gasteiger charge is -2.08. The number of aryl methyl sites for hydroxylation is 1. The van der Waals surface area contributed by atoms with Crippen molar-refractivity contribution in [3.63, 3.8) is 0 Å². The Morgan fingerprint density at radius 2 is 1.79 bits per heavy atom. The molecular formula is C15H13Br2NO. The average Bonchev–Trinajstić information content (AvgIpc) is 2.42. The van der Waals surface area contributed by atoms with E-state index in [0.29, 0.717) is 6.42 Å². The van der Waals surface area contributed by atoms with Crippen molar-refractivity contribution in [2.24, 2.45) is 0 Å². The smallest absolute Gasteiger partial charge is 0.224 e. The molecule has 0 unspecified atom stereocenters. The van der Waals surface area contributed by atoms with Crippen LogP contribution < -0.4 is 5.32 Å². The molecule has 0 bridgehead atoms. The molecule has 2 aromatic rings. The van der Waals surface area contributed by atoms with Crippen LogP contribution in [0.4, 0.5) is 5.69 Å². The molecule has 0 spiro atoms. The van der Waals surface area contributed by atoms with Crippen molar-refractivity contribution in [2.45, 2.75) is 12.8 Å². The Labute approximate surface area is 129 Å². The molecule has 4 heteroatoms. The van der Waals surface area contributed by atoms with Crippen LogP contribution in [-0.2, 0) is 11.2 Å². The molecule has 0 heterocycles. The van der Waals surface area contributed by atoms with Crippen LogP contribution in [0.2, 0.25) is 0 Å². The molecule has 0 radical (unpaired) electrons. The SMILES string of the molecule is O=C(CCc1ccccc1)Nc1cc(Br)ccc1Br. The first kappa shape index (κ1) is 14.3. The Balaban J connectivity index is 1.93. The zero-order valence-corrected chi connectivity index (χ0v) is 13.4. The van der Waals surface area contributed by atoms with Crippen LogP contribution in [0.3, 0.4) is 0 Å². The molecule has 98 valence electrons. The summed E-state index contributed by atoms with van der Waals surface area (Å²) < 4.78 is 1.82. The monoisotopic (exact) mass is 381 g/mol. The first-order valence-corrected chi connectivity index (χ1v) is 7.52. The van der Waals surface area contributed by atoms with E-state index in [1.165, 1.54) is 5.56 Å². The van der Waals surface area contributed by atoms with Crippen molar-refractivity contribution in [2.75, 3.05) is 5.32 Å². The van der Waals surface area contributed by atoms with E-state index in [9.17, 15) is 4.79 Å². The summed E-state index contributed by atoms with van der Waals surface area (Å²) in [6.45, 7) is 0. The third-order valence-electron chi connectivity index (χ3n) is 2.69. The Morgan fingerprint density at radius 1 is 1.05 bits per heavy atom. The molecule has 0 fully saturated rings. The largest absolute Gasteiger partial charge is 0.325 e. The van der Waals surface area contributed by atoms with E-state index in [1.807, 2.05) is 48.5 Å². The molecule has 0 aliphatic rings. The lowest BCUT2D eigenvalue weighted by Crippen LogP contribution is -2.12. The highest BCUT2D eigenvalue weighted by Gasteiger charge is 2.06. The second kappa shape index (κ2) is 6.87. The van der Waals surface area contributed by atoms with Gasteiger partial charge in [-0.1, -0.05) is 46.3 Å². The van der Waals surface area contributed by atoms with Crippen molar-refractivity contribution >= 4 is 43.5 Å². The number of halogens is 2. The summed E-state index contributed by atoms with van der Waals surface area (Å²) in [6.07, 6.45) is 1.22. The molecule has 0 aliphatic heterocycles. The summed E-state index contributed by atoms with van der Waals surface area (Å²) in [5, 5.41) is 2.91. The van der Waals surface area contributed by atoms with Gasteiger partial charge in [-0.05, 0) is 46.1 Å². The quantitative estimate of drug-likeness (QED) is 0.809. The van der Waals surface area contributed by atoms with Gasteiger partial charge in [-0.2, -0.15) is 0 Å². The van der Waals surface area contributed by atoms with Crippen LogP contribution in [0.25, 0.3) is 0 Å². The molecule has 19 heavy (non-hydrogen) atoms. The standard InChI is InChI=1S/C15H13Br2NO/c16-12-7-8-13(17)14(10-12)18-15(19)9-6-11-4-2-1-3-5-11/h1-5,7-8,10H,6,9H2,(H,18,19). The summed E-state index contributed by atoms with van der Waals surface area (Å²) in [4.78, 5) is 11.9. The number of amides is 1. The van der Waals surface area contributed by atoms with Gasteiger partial charge in [0, 0.05) is 15.4 Å². The molecule has 0 aromatic heterocycles. The van der Waals surface area contributed by atoms with Crippen LogP contribution >= 0.6 is 31.9 Å². The van der Waals surface area contributed by atoms with Crippen molar-refractivity contribution in [3.8, 4) is 0 Å². The number of anilines is 1. The Kier molecular flexibility index (Phi) is 5.16. The van der Waals surface area contributed by atoms with Gasteiger partial charge in [0.05, 0.1) is 5.69 Å². The van der Waals surface area contributed by atoms with Gasteiger partial charge in [0.15, 0.2) is 0 Å².